The van der Waals surface area contributed by atoms with Crippen molar-refractivity contribution in [3.63, 3.8) is 0 Å². The maximum Gasteiger partial charge on any atom is 0.472 e. The number of carbonyl (C=O) groups is 3. The van der Waals surface area contributed by atoms with E-state index in [9.17, 15) is 34.1 Å². The van der Waals surface area contributed by atoms with Crippen LogP contribution in [0.15, 0.2) is 24.3 Å². The fourth-order valence-corrected chi connectivity index (χ4v) is 7.49. The Morgan fingerprint density at radius 1 is 0.525 bits per heavy atom. The average molecular weight is 858 g/mol. The molecule has 0 aliphatic carbocycles. The molecule has 346 valence electrons. The lowest BCUT2D eigenvalue weighted by Gasteiger charge is -2.18. The summed E-state index contributed by atoms with van der Waals surface area (Å²) in [5, 5.41) is 21.8. The van der Waals surface area contributed by atoms with E-state index in [1.807, 2.05) is 0 Å². The van der Waals surface area contributed by atoms with Crippen LogP contribution in [0.1, 0.15) is 226 Å². The summed E-state index contributed by atoms with van der Waals surface area (Å²) in [5.74, 6) is -2.38. The molecule has 0 aromatic heterocycles. The third kappa shape index (κ3) is 42.4. The summed E-state index contributed by atoms with van der Waals surface area (Å²) in [5.41, 5.74) is 0. The molecule has 0 aromatic carbocycles. The van der Waals surface area contributed by atoms with Crippen molar-refractivity contribution in [3.8, 4) is 0 Å². The van der Waals surface area contributed by atoms with Crippen LogP contribution in [-0.2, 0) is 32.7 Å². The number of aliphatic carboxylic acids is 1. The zero-order valence-corrected chi connectivity index (χ0v) is 38.5. The molecule has 59 heavy (non-hydrogen) atoms. The molecule has 4 N–H and O–H groups in total. The number of unbranched alkanes of at least 4 members (excludes halogenated alkanes) is 27. The van der Waals surface area contributed by atoms with Crippen LogP contribution >= 0.6 is 7.82 Å². The van der Waals surface area contributed by atoms with Gasteiger partial charge in [-0.1, -0.05) is 173 Å². The van der Waals surface area contributed by atoms with Gasteiger partial charge in [-0.3, -0.25) is 18.6 Å². The molecule has 0 bridgehead atoms. The lowest BCUT2D eigenvalue weighted by molar-refractivity contribution is -0.147. The zero-order valence-electron chi connectivity index (χ0n) is 37.6. The number of hydrogen-bond acceptors (Lipinski definition) is 8. The van der Waals surface area contributed by atoms with Crippen molar-refractivity contribution in [2.24, 2.45) is 0 Å². The van der Waals surface area contributed by atoms with E-state index in [1.54, 1.807) is 0 Å². The summed E-state index contributed by atoms with van der Waals surface area (Å²) in [4.78, 5) is 46.0. The number of aliphatic hydroxyl groups excluding tert-OH is 1. The molecule has 0 spiro atoms. The van der Waals surface area contributed by atoms with Gasteiger partial charge in [-0.25, -0.2) is 9.36 Å². The molecule has 0 heterocycles. The van der Waals surface area contributed by atoms with E-state index >= 15 is 0 Å². The number of carbonyl (C=O) groups excluding carboxylic acids is 2. The molecule has 0 saturated carbocycles. The first-order chi connectivity index (χ1) is 28.6. The molecular formula is C47H88NO10P. The lowest BCUT2D eigenvalue weighted by Crippen LogP contribution is -2.43. The molecule has 1 amide bonds. The first kappa shape index (κ1) is 57.0. The second-order valence-corrected chi connectivity index (χ2v) is 17.7. The van der Waals surface area contributed by atoms with Gasteiger partial charge in [0.2, 0.25) is 5.91 Å². The number of carboxylic acids is 1. The SMILES string of the molecule is CCCCCCC/C=C\CCCCCCCC(=O)NC(COP(=O)(O)OCC(O)COC(=O)CCCCCCCCCCCCC/C=C/CCCCCCCC)C(=O)O. The van der Waals surface area contributed by atoms with Crippen molar-refractivity contribution >= 4 is 25.7 Å². The number of aliphatic hydroxyl groups is 1. The second kappa shape index (κ2) is 42.6. The van der Waals surface area contributed by atoms with Gasteiger partial charge >= 0.3 is 19.8 Å². The molecular weight excluding hydrogens is 769 g/mol. The number of hydrogen-bond donors (Lipinski definition) is 4. The van der Waals surface area contributed by atoms with Gasteiger partial charge in [-0.05, 0) is 64.2 Å². The predicted molar refractivity (Wildman–Crippen MR) is 240 cm³/mol. The third-order valence-corrected chi connectivity index (χ3v) is 11.4. The number of phosphoric ester groups is 1. The van der Waals surface area contributed by atoms with E-state index in [1.165, 1.54) is 128 Å². The number of esters is 1. The number of carboxylic acid groups (broad SMARTS) is 1. The number of phosphoric acid groups is 1. The molecule has 0 radical (unpaired) electrons. The van der Waals surface area contributed by atoms with Crippen LogP contribution in [0.5, 0.6) is 0 Å². The van der Waals surface area contributed by atoms with Crippen LogP contribution in [0, 0.1) is 0 Å². The van der Waals surface area contributed by atoms with Crippen LogP contribution < -0.4 is 5.32 Å². The minimum atomic E-state index is -4.76. The van der Waals surface area contributed by atoms with Crippen molar-refractivity contribution in [2.75, 3.05) is 19.8 Å². The Hall–Kier alpha value is -2.04. The predicted octanol–water partition coefficient (Wildman–Crippen LogP) is 12.6. The van der Waals surface area contributed by atoms with E-state index < -0.39 is 57.6 Å². The first-order valence-corrected chi connectivity index (χ1v) is 25.4. The largest absolute Gasteiger partial charge is 0.480 e. The van der Waals surface area contributed by atoms with E-state index in [0.717, 1.165) is 57.8 Å². The van der Waals surface area contributed by atoms with E-state index in [2.05, 4.69) is 43.5 Å². The number of rotatable bonds is 45. The molecule has 3 atom stereocenters. The Bertz CT molecular complexity index is 1100. The number of ether oxygens (including phenoxy) is 1. The van der Waals surface area contributed by atoms with Gasteiger partial charge in [0, 0.05) is 12.8 Å². The molecule has 0 aliphatic heterocycles. The quantitative estimate of drug-likeness (QED) is 0.0200. The summed E-state index contributed by atoms with van der Waals surface area (Å²) in [7, 11) is -4.76. The molecule has 0 rings (SSSR count). The smallest absolute Gasteiger partial charge is 0.472 e. The maximum atomic E-state index is 12.3. The monoisotopic (exact) mass is 858 g/mol. The standard InChI is InChI=1S/C47H88NO10P/c1-3-5-7-9-11-13-15-17-19-20-21-22-23-24-25-27-29-31-33-35-37-39-46(51)56-40-43(49)41-57-59(54,55)58-42-44(47(52)53)48-45(50)38-36-34-32-30-28-26-18-16-14-12-10-8-6-4-2/h16-19,43-44,49H,3-15,20-42H2,1-2H3,(H,48,50)(H,52,53)(H,54,55)/b18-16-,19-17+. The molecule has 0 aliphatic rings. The van der Waals surface area contributed by atoms with E-state index in [-0.39, 0.29) is 12.8 Å². The zero-order chi connectivity index (χ0) is 43.5. The highest BCUT2D eigenvalue weighted by molar-refractivity contribution is 7.47. The van der Waals surface area contributed by atoms with Crippen molar-refractivity contribution < 1.29 is 47.8 Å². The molecule has 3 unspecified atom stereocenters. The third-order valence-electron chi connectivity index (χ3n) is 10.5. The molecule has 12 heteroatoms. The number of amides is 1. The van der Waals surface area contributed by atoms with Crippen LogP contribution in [-0.4, -0.2) is 64.9 Å². The van der Waals surface area contributed by atoms with Gasteiger partial charge in [0.05, 0.1) is 13.2 Å². The summed E-state index contributed by atoms with van der Waals surface area (Å²) in [6.07, 6.45) is 44.9. The minimum Gasteiger partial charge on any atom is -0.480 e. The fraction of sp³-hybridized carbons (Fsp3) is 0.851. The van der Waals surface area contributed by atoms with Crippen molar-refractivity contribution in [1.29, 1.82) is 0 Å². The normalized spacial score (nSPS) is 13.8. The van der Waals surface area contributed by atoms with Crippen molar-refractivity contribution in [1.82, 2.24) is 5.32 Å². The van der Waals surface area contributed by atoms with Crippen LogP contribution in [0.4, 0.5) is 0 Å². The maximum absolute atomic E-state index is 12.3. The van der Waals surface area contributed by atoms with Gasteiger partial charge in [0.25, 0.3) is 0 Å². The van der Waals surface area contributed by atoms with Gasteiger partial charge in [-0.15, -0.1) is 0 Å². The Morgan fingerprint density at radius 2 is 0.881 bits per heavy atom. The van der Waals surface area contributed by atoms with E-state index in [0.29, 0.717) is 12.8 Å². The van der Waals surface area contributed by atoms with E-state index in [4.69, 9.17) is 13.8 Å². The Morgan fingerprint density at radius 3 is 1.29 bits per heavy atom. The first-order valence-electron chi connectivity index (χ1n) is 23.9. The summed E-state index contributed by atoms with van der Waals surface area (Å²) in [6, 6.07) is -1.55. The number of allylic oxidation sites excluding steroid dienone is 4. The Kier molecular flexibility index (Phi) is 41.2. The van der Waals surface area contributed by atoms with Crippen molar-refractivity contribution in [3.05, 3.63) is 24.3 Å². The van der Waals surface area contributed by atoms with Crippen molar-refractivity contribution in [2.45, 2.75) is 238 Å². The van der Waals surface area contributed by atoms with Crippen LogP contribution in [0.3, 0.4) is 0 Å². The summed E-state index contributed by atoms with van der Waals surface area (Å²) < 4.78 is 26.9. The molecule has 0 saturated heterocycles. The average Bonchev–Trinajstić information content (AvgIpc) is 3.21. The number of nitrogens with one attached hydrogen (secondary N) is 1. The minimum absolute atomic E-state index is 0.137. The van der Waals surface area contributed by atoms with Gasteiger partial charge in [-0.2, -0.15) is 0 Å². The highest BCUT2D eigenvalue weighted by atomic mass is 31.2. The highest BCUT2D eigenvalue weighted by Gasteiger charge is 2.28. The molecule has 11 nitrogen and oxygen atoms in total. The fourth-order valence-electron chi connectivity index (χ4n) is 6.72. The topological polar surface area (TPSA) is 169 Å². The summed E-state index contributed by atoms with van der Waals surface area (Å²) >= 11 is 0. The highest BCUT2D eigenvalue weighted by Crippen LogP contribution is 2.43. The Balaban J connectivity index is 3.83. The van der Waals surface area contributed by atoms with Crippen LogP contribution in [0.2, 0.25) is 0 Å². The second-order valence-electron chi connectivity index (χ2n) is 16.3. The molecule has 0 aromatic rings. The van der Waals surface area contributed by atoms with Gasteiger partial charge in [0.1, 0.15) is 12.7 Å². The molecule has 0 fully saturated rings. The Labute approximate surface area is 359 Å². The van der Waals surface area contributed by atoms with Gasteiger partial charge in [0.15, 0.2) is 6.04 Å². The van der Waals surface area contributed by atoms with Crippen LogP contribution in [0.25, 0.3) is 0 Å². The lowest BCUT2D eigenvalue weighted by atomic mass is 10.0. The summed E-state index contributed by atoms with van der Waals surface area (Å²) in [6.45, 7) is 2.59. The van der Waals surface area contributed by atoms with Gasteiger partial charge < -0.3 is 25.2 Å².